The zero-order valence-corrected chi connectivity index (χ0v) is 15.7. The Hall–Kier alpha value is -1.69. The van der Waals surface area contributed by atoms with E-state index in [0.717, 1.165) is 70.3 Å². The standard InChI is InChI=1S/C19H31N5O/c1-3-22-11-13-24(14-12-22)19-20-15-17(16(2)21-19)18(25)23-9-7-5-4-6-8-10-23/h15H,3-14H2,1-2H3. The molecule has 0 radical (unpaired) electrons. The Kier molecular flexibility index (Phi) is 6.24. The molecule has 25 heavy (non-hydrogen) atoms. The van der Waals surface area contributed by atoms with Crippen LogP contribution < -0.4 is 4.90 Å². The third-order valence-electron chi connectivity index (χ3n) is 5.44. The fourth-order valence-corrected chi connectivity index (χ4v) is 3.70. The van der Waals surface area contributed by atoms with E-state index in [2.05, 4.69) is 26.7 Å². The first kappa shape index (κ1) is 18.1. The van der Waals surface area contributed by atoms with E-state index in [1.54, 1.807) is 6.20 Å². The SMILES string of the molecule is CCN1CCN(c2ncc(C(=O)N3CCCCCCC3)c(C)n2)CC1. The van der Waals surface area contributed by atoms with Crippen LogP contribution >= 0.6 is 0 Å². The van der Waals surface area contributed by atoms with Gasteiger partial charge in [-0.25, -0.2) is 9.97 Å². The van der Waals surface area contributed by atoms with Crippen LogP contribution in [-0.4, -0.2) is 71.5 Å². The summed E-state index contributed by atoms with van der Waals surface area (Å²) in [6, 6.07) is 0. The van der Waals surface area contributed by atoms with E-state index in [0.29, 0.717) is 5.56 Å². The minimum atomic E-state index is 0.0988. The number of carbonyl (C=O) groups is 1. The number of rotatable bonds is 3. The highest BCUT2D eigenvalue weighted by molar-refractivity contribution is 5.95. The minimum absolute atomic E-state index is 0.0988. The number of piperazine rings is 1. The second-order valence-electron chi connectivity index (χ2n) is 7.15. The number of hydrogen-bond acceptors (Lipinski definition) is 5. The van der Waals surface area contributed by atoms with Crippen molar-refractivity contribution in [1.29, 1.82) is 0 Å². The zero-order chi connectivity index (χ0) is 17.6. The molecule has 138 valence electrons. The van der Waals surface area contributed by atoms with Crippen molar-refractivity contribution in [2.24, 2.45) is 0 Å². The molecule has 1 amide bonds. The summed E-state index contributed by atoms with van der Waals surface area (Å²) in [5, 5.41) is 0. The number of carbonyl (C=O) groups excluding carboxylic acids is 1. The lowest BCUT2D eigenvalue weighted by atomic mass is 10.1. The number of hydrogen-bond donors (Lipinski definition) is 0. The van der Waals surface area contributed by atoms with E-state index in [4.69, 9.17) is 0 Å². The lowest BCUT2D eigenvalue weighted by Gasteiger charge is -2.34. The molecule has 3 heterocycles. The Morgan fingerprint density at radius 1 is 1.00 bits per heavy atom. The number of likely N-dealkylation sites (tertiary alicyclic amines) is 1. The first-order valence-electron chi connectivity index (χ1n) is 9.79. The number of aromatic nitrogens is 2. The van der Waals surface area contributed by atoms with Crippen molar-refractivity contribution in [1.82, 2.24) is 19.8 Å². The first-order valence-corrected chi connectivity index (χ1v) is 9.79. The van der Waals surface area contributed by atoms with Crippen molar-refractivity contribution in [3.05, 3.63) is 17.5 Å². The number of amides is 1. The van der Waals surface area contributed by atoms with Crippen molar-refractivity contribution in [2.75, 3.05) is 50.7 Å². The summed E-state index contributed by atoms with van der Waals surface area (Å²) in [6.45, 7) is 10.9. The molecule has 1 aromatic heterocycles. The van der Waals surface area contributed by atoms with Gasteiger partial charge in [-0.3, -0.25) is 4.79 Å². The van der Waals surface area contributed by atoms with E-state index in [9.17, 15) is 4.79 Å². The summed E-state index contributed by atoms with van der Waals surface area (Å²) in [7, 11) is 0. The highest BCUT2D eigenvalue weighted by Crippen LogP contribution is 2.17. The summed E-state index contributed by atoms with van der Waals surface area (Å²) in [6.07, 6.45) is 7.69. The Balaban J connectivity index is 1.67. The molecule has 6 nitrogen and oxygen atoms in total. The van der Waals surface area contributed by atoms with Crippen molar-refractivity contribution in [3.8, 4) is 0 Å². The molecule has 2 saturated heterocycles. The summed E-state index contributed by atoms with van der Waals surface area (Å²) >= 11 is 0. The van der Waals surface area contributed by atoms with Crippen LogP contribution in [0.25, 0.3) is 0 Å². The number of likely N-dealkylation sites (N-methyl/N-ethyl adjacent to an activating group) is 1. The molecule has 0 saturated carbocycles. The molecule has 0 atom stereocenters. The van der Waals surface area contributed by atoms with E-state index in [-0.39, 0.29) is 5.91 Å². The molecular formula is C19H31N5O. The van der Waals surface area contributed by atoms with E-state index in [1.165, 1.54) is 19.3 Å². The predicted octanol–water partition coefficient (Wildman–Crippen LogP) is 2.33. The fraction of sp³-hybridized carbons (Fsp3) is 0.737. The van der Waals surface area contributed by atoms with Gasteiger partial charge in [0.1, 0.15) is 0 Å². The van der Waals surface area contributed by atoms with Gasteiger partial charge in [0.05, 0.1) is 11.3 Å². The Morgan fingerprint density at radius 2 is 1.64 bits per heavy atom. The predicted molar refractivity (Wildman–Crippen MR) is 100 cm³/mol. The molecule has 6 heteroatoms. The largest absolute Gasteiger partial charge is 0.339 e. The minimum Gasteiger partial charge on any atom is -0.339 e. The van der Waals surface area contributed by atoms with Crippen LogP contribution in [-0.2, 0) is 0 Å². The topological polar surface area (TPSA) is 52.6 Å². The molecule has 0 bridgehead atoms. The quantitative estimate of drug-likeness (QED) is 0.842. The average molecular weight is 345 g/mol. The van der Waals surface area contributed by atoms with Gasteiger partial charge < -0.3 is 14.7 Å². The molecule has 0 aromatic carbocycles. The third kappa shape index (κ3) is 4.48. The Bertz CT molecular complexity index is 575. The van der Waals surface area contributed by atoms with Crippen molar-refractivity contribution in [2.45, 2.75) is 46.0 Å². The monoisotopic (exact) mass is 345 g/mol. The summed E-state index contributed by atoms with van der Waals surface area (Å²) in [5.41, 5.74) is 1.46. The lowest BCUT2D eigenvalue weighted by molar-refractivity contribution is 0.0740. The summed E-state index contributed by atoms with van der Waals surface area (Å²) in [4.78, 5) is 28.7. The molecule has 3 rings (SSSR count). The van der Waals surface area contributed by atoms with Crippen molar-refractivity contribution < 1.29 is 4.79 Å². The summed E-state index contributed by atoms with van der Waals surface area (Å²) in [5.74, 6) is 0.860. The molecule has 2 aliphatic rings. The molecule has 0 aliphatic carbocycles. The van der Waals surface area contributed by atoms with Gasteiger partial charge in [-0.1, -0.05) is 26.2 Å². The highest BCUT2D eigenvalue weighted by atomic mass is 16.2. The lowest BCUT2D eigenvalue weighted by Crippen LogP contribution is -2.46. The molecule has 2 aliphatic heterocycles. The number of anilines is 1. The molecular weight excluding hydrogens is 314 g/mol. The normalized spacial score (nSPS) is 20.2. The second kappa shape index (κ2) is 8.61. The van der Waals surface area contributed by atoms with Crippen molar-refractivity contribution in [3.63, 3.8) is 0 Å². The maximum absolute atomic E-state index is 12.9. The summed E-state index contributed by atoms with van der Waals surface area (Å²) < 4.78 is 0. The van der Waals surface area contributed by atoms with Crippen LogP contribution in [0.5, 0.6) is 0 Å². The smallest absolute Gasteiger partial charge is 0.257 e. The van der Waals surface area contributed by atoms with Gasteiger partial charge in [0.25, 0.3) is 5.91 Å². The van der Waals surface area contributed by atoms with Gasteiger partial charge in [-0.05, 0) is 26.3 Å². The maximum Gasteiger partial charge on any atom is 0.257 e. The molecule has 0 N–H and O–H groups in total. The van der Waals surface area contributed by atoms with Crippen LogP contribution in [0.2, 0.25) is 0 Å². The number of aryl methyl sites for hydroxylation is 1. The van der Waals surface area contributed by atoms with Gasteiger partial charge in [0.15, 0.2) is 0 Å². The van der Waals surface area contributed by atoms with E-state index >= 15 is 0 Å². The Morgan fingerprint density at radius 3 is 2.24 bits per heavy atom. The third-order valence-corrected chi connectivity index (χ3v) is 5.44. The van der Waals surface area contributed by atoms with Gasteiger partial charge in [0.2, 0.25) is 5.95 Å². The Labute approximate surface area is 151 Å². The van der Waals surface area contributed by atoms with Gasteiger partial charge in [-0.15, -0.1) is 0 Å². The zero-order valence-electron chi connectivity index (χ0n) is 15.7. The van der Waals surface area contributed by atoms with Crippen LogP contribution in [0.3, 0.4) is 0 Å². The molecule has 2 fully saturated rings. The molecule has 0 spiro atoms. The first-order chi connectivity index (χ1) is 12.2. The number of nitrogens with zero attached hydrogens (tertiary/aromatic N) is 5. The van der Waals surface area contributed by atoms with Gasteiger partial charge >= 0.3 is 0 Å². The molecule has 1 aromatic rings. The van der Waals surface area contributed by atoms with Crippen LogP contribution in [0.1, 0.15) is 55.1 Å². The van der Waals surface area contributed by atoms with Gasteiger partial charge in [0, 0.05) is 45.5 Å². The fourth-order valence-electron chi connectivity index (χ4n) is 3.70. The van der Waals surface area contributed by atoms with Crippen LogP contribution in [0.4, 0.5) is 5.95 Å². The van der Waals surface area contributed by atoms with Crippen molar-refractivity contribution >= 4 is 11.9 Å². The van der Waals surface area contributed by atoms with Gasteiger partial charge in [-0.2, -0.15) is 0 Å². The van der Waals surface area contributed by atoms with Crippen LogP contribution in [0.15, 0.2) is 6.20 Å². The average Bonchev–Trinajstić information content (AvgIpc) is 2.61. The second-order valence-corrected chi connectivity index (χ2v) is 7.15. The van der Waals surface area contributed by atoms with E-state index in [1.807, 2.05) is 11.8 Å². The van der Waals surface area contributed by atoms with E-state index < -0.39 is 0 Å². The van der Waals surface area contributed by atoms with Crippen LogP contribution in [0, 0.1) is 6.92 Å². The maximum atomic E-state index is 12.9. The molecule has 0 unspecified atom stereocenters. The highest BCUT2D eigenvalue weighted by Gasteiger charge is 2.22.